The van der Waals surface area contributed by atoms with Crippen molar-refractivity contribution in [3.8, 4) is 0 Å². The van der Waals surface area contributed by atoms with Gasteiger partial charge in [0.2, 0.25) is 11.8 Å². The molecule has 2 aliphatic rings. The van der Waals surface area contributed by atoms with Crippen molar-refractivity contribution >= 4 is 17.5 Å². The molecule has 2 amide bonds. The standard InChI is InChI=1S/C22H34N4O2/c1-3-25(20-10-5-4-6-11-20)21(27)17-23-13-15-24(16-14-23)18-22(28)26-12-8-7-9-19(26)2/h4-6,10-11,19H,3,7-9,12-18H2,1-2H3. The number of piperazine rings is 1. The minimum absolute atomic E-state index is 0.139. The number of amides is 2. The molecule has 0 N–H and O–H groups in total. The van der Waals surface area contributed by atoms with E-state index >= 15 is 0 Å². The quantitative estimate of drug-likeness (QED) is 0.751. The summed E-state index contributed by atoms with van der Waals surface area (Å²) in [5.74, 6) is 0.401. The summed E-state index contributed by atoms with van der Waals surface area (Å²) in [7, 11) is 0. The Hall–Kier alpha value is -1.92. The van der Waals surface area contributed by atoms with Crippen molar-refractivity contribution in [2.45, 2.75) is 39.2 Å². The van der Waals surface area contributed by atoms with Crippen LogP contribution < -0.4 is 4.90 Å². The first-order chi connectivity index (χ1) is 13.6. The first-order valence-electron chi connectivity index (χ1n) is 10.7. The molecule has 0 saturated carbocycles. The van der Waals surface area contributed by atoms with Gasteiger partial charge in [-0.15, -0.1) is 0 Å². The minimum Gasteiger partial charge on any atom is -0.339 e. The van der Waals surface area contributed by atoms with Crippen LogP contribution in [0.1, 0.15) is 33.1 Å². The highest BCUT2D eigenvalue weighted by Gasteiger charge is 2.27. The van der Waals surface area contributed by atoms with Crippen molar-refractivity contribution < 1.29 is 9.59 Å². The number of anilines is 1. The van der Waals surface area contributed by atoms with Crippen molar-refractivity contribution in [1.29, 1.82) is 0 Å². The Bertz CT molecular complexity index is 643. The van der Waals surface area contributed by atoms with Crippen LogP contribution in [0.4, 0.5) is 5.69 Å². The van der Waals surface area contributed by atoms with Gasteiger partial charge in [-0.05, 0) is 45.2 Å². The van der Waals surface area contributed by atoms with Crippen LogP contribution in [0.15, 0.2) is 30.3 Å². The highest BCUT2D eigenvalue weighted by Crippen LogP contribution is 2.17. The third-order valence-corrected chi connectivity index (χ3v) is 5.99. The molecule has 2 heterocycles. The first kappa shape index (κ1) is 20.8. The molecule has 1 aromatic carbocycles. The smallest absolute Gasteiger partial charge is 0.241 e. The average molecular weight is 387 g/mol. The second kappa shape index (κ2) is 10.0. The fourth-order valence-corrected chi connectivity index (χ4v) is 4.24. The zero-order valence-corrected chi connectivity index (χ0v) is 17.3. The maximum absolute atomic E-state index is 12.8. The number of nitrogens with zero attached hydrogens (tertiary/aromatic N) is 4. The van der Waals surface area contributed by atoms with Gasteiger partial charge in [-0.1, -0.05) is 18.2 Å². The van der Waals surface area contributed by atoms with Crippen LogP contribution in [-0.2, 0) is 9.59 Å². The van der Waals surface area contributed by atoms with Crippen molar-refractivity contribution in [1.82, 2.24) is 14.7 Å². The third kappa shape index (κ3) is 5.32. The Labute approximate surface area is 169 Å². The van der Waals surface area contributed by atoms with Gasteiger partial charge in [-0.2, -0.15) is 0 Å². The summed E-state index contributed by atoms with van der Waals surface area (Å²) >= 11 is 0. The molecule has 1 aromatic rings. The van der Waals surface area contributed by atoms with Gasteiger partial charge in [0.05, 0.1) is 13.1 Å². The van der Waals surface area contributed by atoms with E-state index in [1.54, 1.807) is 0 Å². The van der Waals surface area contributed by atoms with Crippen molar-refractivity contribution in [2.75, 3.05) is 57.3 Å². The van der Waals surface area contributed by atoms with E-state index in [0.29, 0.717) is 25.7 Å². The van der Waals surface area contributed by atoms with Crippen LogP contribution in [0.25, 0.3) is 0 Å². The monoisotopic (exact) mass is 386 g/mol. The lowest BCUT2D eigenvalue weighted by Gasteiger charge is -2.38. The van der Waals surface area contributed by atoms with Gasteiger partial charge >= 0.3 is 0 Å². The maximum Gasteiger partial charge on any atom is 0.241 e. The fraction of sp³-hybridized carbons (Fsp3) is 0.636. The fourth-order valence-electron chi connectivity index (χ4n) is 4.24. The summed E-state index contributed by atoms with van der Waals surface area (Å²) < 4.78 is 0. The van der Waals surface area contributed by atoms with Crippen LogP contribution in [0.3, 0.4) is 0 Å². The van der Waals surface area contributed by atoms with E-state index in [9.17, 15) is 9.59 Å². The van der Waals surface area contributed by atoms with Crippen molar-refractivity contribution in [3.63, 3.8) is 0 Å². The number of piperidine rings is 1. The van der Waals surface area contributed by atoms with Gasteiger partial charge in [0.15, 0.2) is 0 Å². The largest absolute Gasteiger partial charge is 0.339 e. The highest BCUT2D eigenvalue weighted by atomic mass is 16.2. The number of carbonyl (C=O) groups is 2. The molecule has 154 valence electrons. The Morgan fingerprint density at radius 3 is 2.21 bits per heavy atom. The summed E-state index contributed by atoms with van der Waals surface area (Å²) in [4.78, 5) is 33.7. The van der Waals surface area contributed by atoms with E-state index in [4.69, 9.17) is 0 Å². The van der Waals surface area contributed by atoms with Crippen molar-refractivity contribution in [3.05, 3.63) is 30.3 Å². The second-order valence-corrected chi connectivity index (χ2v) is 7.96. The van der Waals surface area contributed by atoms with Gasteiger partial charge in [0, 0.05) is 51.0 Å². The van der Waals surface area contributed by atoms with E-state index < -0.39 is 0 Å². The lowest BCUT2D eigenvalue weighted by Crippen LogP contribution is -2.53. The Morgan fingerprint density at radius 1 is 0.964 bits per heavy atom. The summed E-state index contributed by atoms with van der Waals surface area (Å²) in [6, 6.07) is 10.2. The SMILES string of the molecule is CCN(C(=O)CN1CCN(CC(=O)N2CCCCC2C)CC1)c1ccccc1. The number of para-hydroxylation sites is 1. The molecule has 0 bridgehead atoms. The highest BCUT2D eigenvalue weighted by molar-refractivity contribution is 5.94. The molecular formula is C22H34N4O2. The number of benzene rings is 1. The van der Waals surface area contributed by atoms with Crippen LogP contribution in [-0.4, -0.2) is 84.9 Å². The van der Waals surface area contributed by atoms with Crippen molar-refractivity contribution in [2.24, 2.45) is 0 Å². The summed E-state index contributed by atoms with van der Waals surface area (Å²) in [5, 5.41) is 0. The van der Waals surface area contributed by atoms with Gasteiger partial charge < -0.3 is 9.80 Å². The number of hydrogen-bond acceptors (Lipinski definition) is 4. The van der Waals surface area contributed by atoms with Gasteiger partial charge in [-0.3, -0.25) is 19.4 Å². The van der Waals surface area contributed by atoms with Gasteiger partial charge in [-0.25, -0.2) is 0 Å². The molecule has 2 fully saturated rings. The van der Waals surface area contributed by atoms with Crippen LogP contribution in [0.2, 0.25) is 0 Å². The Balaban J connectivity index is 1.44. The first-order valence-corrected chi connectivity index (χ1v) is 10.7. The number of carbonyl (C=O) groups excluding carboxylic acids is 2. The second-order valence-electron chi connectivity index (χ2n) is 7.96. The molecule has 2 saturated heterocycles. The van der Waals surface area contributed by atoms with Gasteiger partial charge in [0.25, 0.3) is 0 Å². The summed E-state index contributed by atoms with van der Waals surface area (Å²) in [6.07, 6.45) is 3.48. The molecule has 0 aliphatic carbocycles. The number of hydrogen-bond donors (Lipinski definition) is 0. The summed E-state index contributed by atoms with van der Waals surface area (Å²) in [6.45, 7) is 10.1. The minimum atomic E-state index is 0.139. The number of rotatable bonds is 6. The molecule has 1 atom stereocenters. The van der Waals surface area contributed by atoms with E-state index in [-0.39, 0.29) is 11.8 Å². The molecule has 6 nitrogen and oxygen atoms in total. The van der Waals surface area contributed by atoms with E-state index in [2.05, 4.69) is 21.6 Å². The Kier molecular flexibility index (Phi) is 7.45. The van der Waals surface area contributed by atoms with E-state index in [0.717, 1.165) is 51.3 Å². The van der Waals surface area contributed by atoms with Crippen LogP contribution in [0, 0.1) is 0 Å². The summed E-state index contributed by atoms with van der Waals surface area (Å²) in [5.41, 5.74) is 0.954. The lowest BCUT2D eigenvalue weighted by atomic mass is 10.0. The number of likely N-dealkylation sites (N-methyl/N-ethyl adjacent to an activating group) is 1. The average Bonchev–Trinajstić information content (AvgIpc) is 2.71. The predicted molar refractivity (Wildman–Crippen MR) is 112 cm³/mol. The van der Waals surface area contributed by atoms with Gasteiger partial charge in [0.1, 0.15) is 0 Å². The molecule has 0 aromatic heterocycles. The number of likely N-dealkylation sites (tertiary alicyclic amines) is 1. The maximum atomic E-state index is 12.8. The third-order valence-electron chi connectivity index (χ3n) is 5.99. The molecule has 0 radical (unpaired) electrons. The zero-order chi connectivity index (χ0) is 19.9. The molecule has 1 unspecified atom stereocenters. The Morgan fingerprint density at radius 2 is 1.61 bits per heavy atom. The predicted octanol–water partition coefficient (Wildman–Crippen LogP) is 2.06. The molecular weight excluding hydrogens is 352 g/mol. The van der Waals surface area contributed by atoms with Crippen LogP contribution >= 0.6 is 0 Å². The molecule has 6 heteroatoms. The molecule has 28 heavy (non-hydrogen) atoms. The van der Waals surface area contributed by atoms with E-state index in [1.165, 1.54) is 6.42 Å². The lowest BCUT2D eigenvalue weighted by molar-refractivity contribution is -0.136. The normalized spacial score (nSPS) is 21.5. The molecule has 0 spiro atoms. The topological polar surface area (TPSA) is 47.1 Å². The van der Waals surface area contributed by atoms with E-state index in [1.807, 2.05) is 42.2 Å². The zero-order valence-electron chi connectivity index (χ0n) is 17.3. The molecule has 2 aliphatic heterocycles. The molecule has 3 rings (SSSR count). The van der Waals surface area contributed by atoms with Crippen LogP contribution in [0.5, 0.6) is 0 Å².